The van der Waals surface area contributed by atoms with Gasteiger partial charge in [-0.15, -0.1) is 0 Å². The van der Waals surface area contributed by atoms with Crippen LogP contribution in [0.1, 0.15) is 423 Å². The maximum Gasteiger partial charge on any atom is 0.168 e. The van der Waals surface area contributed by atoms with Gasteiger partial charge in [0, 0.05) is 32.7 Å². The number of hydrogen-bond donors (Lipinski definition) is 2. The number of rotatable bonds is 62. The molecule has 9 rings (SSSR count). The van der Waals surface area contributed by atoms with Gasteiger partial charge in [-0.25, -0.2) is 29.9 Å². The molecule has 8 bridgehead atoms. The molecule has 5 heterocycles. The van der Waals surface area contributed by atoms with Crippen LogP contribution in [-0.4, -0.2) is 53.1 Å². The van der Waals surface area contributed by atoms with Crippen molar-refractivity contribution in [3.63, 3.8) is 0 Å². The number of hydrogen-bond acceptors (Lipinski definition) is 8. The van der Waals surface area contributed by atoms with Crippen LogP contribution in [0.3, 0.4) is 0 Å². The Morgan fingerprint density at radius 1 is 0.243 bits per heavy atom. The first-order chi connectivity index (χ1) is 54.8. The predicted molar refractivity (Wildman–Crippen MR) is 482 cm³/mol. The second-order valence-electron chi connectivity index (χ2n) is 33.7. The van der Waals surface area contributed by atoms with Crippen LogP contribution in [0.5, 0.6) is 11.5 Å². The number of aromatic amines is 2. The van der Waals surface area contributed by atoms with Crippen LogP contribution in [0.2, 0.25) is 0 Å². The van der Waals surface area contributed by atoms with E-state index in [1.54, 1.807) is 0 Å². The molecule has 0 saturated carbocycles. The molecular weight excluding hydrogens is 1430 g/mol. The predicted octanol–water partition coefficient (Wildman–Crippen LogP) is 32.1. The molecule has 0 saturated heterocycles. The highest BCUT2D eigenvalue weighted by Crippen LogP contribution is 2.51. The first kappa shape index (κ1) is 89.3. The van der Waals surface area contributed by atoms with Crippen LogP contribution >= 0.6 is 15.9 Å². The van der Waals surface area contributed by atoms with E-state index in [2.05, 4.69) is 124 Å². The summed E-state index contributed by atoms with van der Waals surface area (Å²) in [5.41, 5.74) is 15.2. The first-order valence-electron chi connectivity index (χ1n) is 47.2. The second kappa shape index (κ2) is 52.0. The van der Waals surface area contributed by atoms with Crippen molar-refractivity contribution in [3.8, 4) is 57.1 Å². The fourth-order valence-corrected chi connectivity index (χ4v) is 18.1. The van der Waals surface area contributed by atoms with Crippen molar-refractivity contribution in [1.29, 1.82) is 0 Å². The fraction of sp³-hybridized carbons (Fsp3) is 0.680. The summed E-state index contributed by atoms with van der Waals surface area (Å²) in [5.74, 6) is 4.13. The van der Waals surface area contributed by atoms with Gasteiger partial charge < -0.3 is 19.4 Å². The molecule has 0 amide bonds. The van der Waals surface area contributed by atoms with Gasteiger partial charge in [0.25, 0.3) is 0 Å². The number of benzene rings is 4. The van der Waals surface area contributed by atoms with Crippen molar-refractivity contribution in [2.24, 2.45) is 0 Å². The Hall–Kier alpha value is -5.68. The van der Waals surface area contributed by atoms with Crippen LogP contribution in [0.15, 0.2) is 46.9 Å². The summed E-state index contributed by atoms with van der Waals surface area (Å²) in [6.45, 7) is 19.5. The average molecular weight is 1580 g/mol. The van der Waals surface area contributed by atoms with Crippen molar-refractivity contribution in [3.05, 3.63) is 80.3 Å². The van der Waals surface area contributed by atoms with E-state index in [0.29, 0.717) is 24.9 Å². The number of unbranched alkanes of at least 4 members (excludes halogenated alkanes) is 44. The highest BCUT2D eigenvalue weighted by molar-refractivity contribution is 9.10. The number of halogens is 1. The highest BCUT2D eigenvalue weighted by atomic mass is 79.9. The molecule has 111 heavy (non-hydrogen) atoms. The minimum atomic E-state index is 0.552. The first-order valence-corrected chi connectivity index (χ1v) is 48.0. The van der Waals surface area contributed by atoms with E-state index in [9.17, 15) is 0 Å². The van der Waals surface area contributed by atoms with Crippen LogP contribution in [0.25, 0.3) is 89.7 Å². The van der Waals surface area contributed by atoms with Gasteiger partial charge in [0.1, 0.15) is 34.1 Å². The lowest BCUT2D eigenvalue weighted by Crippen LogP contribution is -2.03. The number of nitrogens with zero attached hydrogens (tertiary/aromatic N) is 6. The topological polar surface area (TPSA) is 127 Å². The van der Waals surface area contributed by atoms with E-state index in [1.165, 1.54) is 325 Å². The van der Waals surface area contributed by atoms with Gasteiger partial charge in [-0.2, -0.15) is 0 Å². The Labute approximate surface area is 683 Å². The Morgan fingerprint density at radius 2 is 0.468 bits per heavy atom. The van der Waals surface area contributed by atoms with Crippen molar-refractivity contribution < 1.29 is 9.47 Å². The standard InChI is InChI=1S/C100H153BrN8O2/c1-9-17-25-31-37-43-49-55-61-76-67-68-77(62-56-50-44-38-32-26-18-10-2)85-84(76)93-102-94(85)104-96-87-79(64-58-52-46-40-34-28-20-12-4)70-72-81(66-60-54-48-42-36-30-22-14-6)89(87)98(106-96)108-100-91-90(83(110-73-23-15-7)75-82(101)92(91)111-74-24-16-8)99(109-100)107-97-88-80(65-59-53-47-41-35-29-21-13-5)71-69-78(86(88)95(103-93)105-97)63-57-51-45-39-33-27-19-11-3/h67-72,75H,9-66,73-74H2,1-8H3,(H2,102,103,104,105,106,107,108,109). The van der Waals surface area contributed by atoms with Crippen molar-refractivity contribution >= 4 is 60.1 Å². The highest BCUT2D eigenvalue weighted by Gasteiger charge is 2.33. The number of fused-ring (bicyclic) bond motifs is 20. The molecule has 11 heteroatoms. The summed E-state index contributed by atoms with van der Waals surface area (Å²) >= 11 is 4.13. The normalized spacial score (nSPS) is 12.0. The van der Waals surface area contributed by atoms with Crippen LogP contribution < -0.4 is 9.47 Å². The molecule has 0 unspecified atom stereocenters. The molecule has 0 spiro atoms. The van der Waals surface area contributed by atoms with E-state index in [4.69, 9.17) is 39.4 Å². The summed E-state index contributed by atoms with van der Waals surface area (Å²) in [6.07, 6.45) is 70.5. The molecule has 4 aromatic carbocycles. The van der Waals surface area contributed by atoms with Crippen LogP contribution in [0.4, 0.5) is 0 Å². The van der Waals surface area contributed by atoms with Gasteiger partial charge in [0.05, 0.1) is 28.8 Å². The zero-order chi connectivity index (χ0) is 77.9. The zero-order valence-corrected chi connectivity index (χ0v) is 73.4. The molecule has 0 aliphatic carbocycles. The summed E-state index contributed by atoms with van der Waals surface area (Å²) in [4.78, 5) is 44.4. The minimum absolute atomic E-state index is 0.552. The smallest absolute Gasteiger partial charge is 0.168 e. The van der Waals surface area contributed by atoms with Gasteiger partial charge in [0.15, 0.2) is 23.3 Å². The number of nitrogens with one attached hydrogen (secondary N) is 2. The second-order valence-corrected chi connectivity index (χ2v) is 34.6. The number of ether oxygens (including phenoxy) is 2. The molecule has 0 fully saturated rings. The van der Waals surface area contributed by atoms with Crippen LogP contribution in [0, 0.1) is 0 Å². The molecular formula is C100H153BrN8O2. The number of aromatic nitrogens is 8. The molecule has 2 aliphatic rings. The third-order valence-electron chi connectivity index (χ3n) is 24.2. The van der Waals surface area contributed by atoms with Gasteiger partial charge in [-0.1, -0.05) is 374 Å². The molecule has 2 aliphatic heterocycles. The monoisotopic (exact) mass is 1580 g/mol. The summed E-state index contributed by atoms with van der Waals surface area (Å²) in [7, 11) is 0. The van der Waals surface area contributed by atoms with Crippen molar-refractivity contribution in [1.82, 2.24) is 39.9 Å². The molecule has 10 nitrogen and oxygen atoms in total. The lowest BCUT2D eigenvalue weighted by Gasteiger charge is -2.16. The molecule has 612 valence electrons. The lowest BCUT2D eigenvalue weighted by atomic mass is 9.91. The molecule has 2 N–H and O–H groups in total. The summed E-state index contributed by atoms with van der Waals surface area (Å²) < 4.78 is 15.0. The van der Waals surface area contributed by atoms with E-state index >= 15 is 0 Å². The van der Waals surface area contributed by atoms with Crippen molar-refractivity contribution in [2.45, 2.75) is 428 Å². The van der Waals surface area contributed by atoms with E-state index in [-0.39, 0.29) is 0 Å². The Balaban J connectivity index is 1.38. The number of aryl methyl sites for hydroxylation is 6. The maximum absolute atomic E-state index is 7.08. The van der Waals surface area contributed by atoms with E-state index < -0.39 is 0 Å². The third kappa shape index (κ3) is 27.5. The average Bonchev–Trinajstić information content (AvgIpc) is 1.59. The minimum Gasteiger partial charge on any atom is -0.493 e. The van der Waals surface area contributed by atoms with Gasteiger partial charge in [0.2, 0.25) is 0 Å². The Morgan fingerprint density at radius 3 is 0.748 bits per heavy atom. The third-order valence-corrected chi connectivity index (χ3v) is 24.8. The molecule has 3 aromatic heterocycles. The molecule has 0 radical (unpaired) electrons. The largest absolute Gasteiger partial charge is 0.493 e. The zero-order valence-electron chi connectivity index (χ0n) is 71.8. The summed E-state index contributed by atoms with van der Waals surface area (Å²) in [6, 6.07) is 17.0. The Kier molecular flexibility index (Phi) is 41.8. The summed E-state index contributed by atoms with van der Waals surface area (Å²) in [5, 5.41) is 4.65. The van der Waals surface area contributed by atoms with E-state index in [0.717, 1.165) is 175 Å². The SMILES string of the molecule is CCCCCCCCCCc1ccc(CCCCCCCCCC)c2c1-c1nc-2nc2[nH]c(nc3nc(nc4[nH]c(n1)c1c(CCCCCCCCCC)ccc(CCCCCCCCCC)c41)-c1c(OCCCC)cc(Br)c(OCCCC)c1-3)c1c(CCCCCCCCCC)ccc(CCCCCCCCCC)c21. The van der Waals surface area contributed by atoms with Crippen molar-refractivity contribution in [2.75, 3.05) is 13.2 Å². The Bertz CT molecular complexity index is 4000. The number of H-pyrrole nitrogens is 2. The quantitative estimate of drug-likeness (QED) is 0.0361. The lowest BCUT2D eigenvalue weighted by molar-refractivity contribution is 0.301. The maximum atomic E-state index is 7.08. The van der Waals surface area contributed by atoms with Gasteiger partial charge >= 0.3 is 0 Å². The molecule has 7 aromatic rings. The molecule has 0 atom stereocenters. The van der Waals surface area contributed by atoms with Crippen LogP contribution in [-0.2, 0) is 38.5 Å². The van der Waals surface area contributed by atoms with Gasteiger partial charge in [-0.05, 0) is 145 Å². The van der Waals surface area contributed by atoms with E-state index in [1.807, 2.05) is 0 Å². The van der Waals surface area contributed by atoms with Gasteiger partial charge in [-0.3, -0.25) is 0 Å². The fourth-order valence-electron chi connectivity index (χ4n) is 17.5.